The van der Waals surface area contributed by atoms with Crippen LogP contribution in [-0.2, 0) is 4.79 Å². The summed E-state index contributed by atoms with van der Waals surface area (Å²) in [6.07, 6.45) is 1.93. The third-order valence-corrected chi connectivity index (χ3v) is 4.56. The normalized spacial score (nSPS) is 15.2. The molecule has 0 aliphatic carbocycles. The van der Waals surface area contributed by atoms with Crippen LogP contribution < -0.4 is 20.9 Å². The number of amides is 1. The van der Waals surface area contributed by atoms with Gasteiger partial charge in [-0.2, -0.15) is 0 Å². The van der Waals surface area contributed by atoms with Gasteiger partial charge in [-0.05, 0) is 38.0 Å². The number of guanidine groups is 1. The van der Waals surface area contributed by atoms with Crippen molar-refractivity contribution in [3.05, 3.63) is 30.1 Å². The summed E-state index contributed by atoms with van der Waals surface area (Å²) >= 11 is 0. The molecule has 158 valence electrons. The van der Waals surface area contributed by atoms with Gasteiger partial charge in [0.15, 0.2) is 5.96 Å². The lowest BCUT2D eigenvalue weighted by Gasteiger charge is -2.34. The van der Waals surface area contributed by atoms with E-state index in [0.717, 1.165) is 44.1 Å². The molecule has 1 aliphatic rings. The highest BCUT2D eigenvalue weighted by Crippen LogP contribution is 2.20. The number of halogens is 2. The van der Waals surface area contributed by atoms with E-state index in [1.54, 1.807) is 12.1 Å². The van der Waals surface area contributed by atoms with Gasteiger partial charge in [-0.15, -0.1) is 24.0 Å². The Morgan fingerprint density at radius 3 is 2.61 bits per heavy atom. The Morgan fingerprint density at radius 2 is 2.00 bits per heavy atom. The quantitative estimate of drug-likeness (QED) is 0.231. The highest BCUT2D eigenvalue weighted by atomic mass is 127. The predicted molar refractivity (Wildman–Crippen MR) is 124 cm³/mol. The van der Waals surface area contributed by atoms with Gasteiger partial charge in [0.2, 0.25) is 5.91 Å². The fraction of sp³-hybridized carbons (Fsp3) is 0.600. The van der Waals surface area contributed by atoms with E-state index in [9.17, 15) is 9.18 Å². The second-order valence-electron chi connectivity index (χ2n) is 7.09. The van der Waals surface area contributed by atoms with Crippen molar-refractivity contribution >= 4 is 41.5 Å². The molecule has 1 aliphatic heterocycles. The van der Waals surface area contributed by atoms with Crippen molar-refractivity contribution < 1.29 is 9.18 Å². The van der Waals surface area contributed by atoms with E-state index >= 15 is 0 Å². The summed E-state index contributed by atoms with van der Waals surface area (Å²) in [7, 11) is 0. The zero-order chi connectivity index (χ0) is 19.6. The summed E-state index contributed by atoms with van der Waals surface area (Å²) in [5.41, 5.74) is 0.940. The molecule has 2 rings (SSSR count). The number of hydrogen-bond donors (Lipinski definition) is 3. The predicted octanol–water partition coefficient (Wildman–Crippen LogP) is 2.74. The van der Waals surface area contributed by atoms with E-state index in [1.807, 2.05) is 26.8 Å². The first-order valence-electron chi connectivity index (χ1n) is 9.82. The number of nitrogens with zero attached hydrogens (tertiary/aromatic N) is 2. The van der Waals surface area contributed by atoms with E-state index in [0.29, 0.717) is 19.1 Å². The highest BCUT2D eigenvalue weighted by Gasteiger charge is 2.20. The Labute approximate surface area is 184 Å². The van der Waals surface area contributed by atoms with Crippen molar-refractivity contribution in [1.82, 2.24) is 16.0 Å². The monoisotopic (exact) mass is 505 g/mol. The van der Waals surface area contributed by atoms with Crippen LogP contribution in [0.3, 0.4) is 0 Å². The van der Waals surface area contributed by atoms with Crippen LogP contribution in [0.5, 0.6) is 0 Å². The first-order chi connectivity index (χ1) is 13.0. The highest BCUT2D eigenvalue weighted by molar-refractivity contribution is 14.0. The van der Waals surface area contributed by atoms with Gasteiger partial charge in [-0.1, -0.05) is 19.9 Å². The van der Waals surface area contributed by atoms with Crippen molar-refractivity contribution in [3.63, 3.8) is 0 Å². The van der Waals surface area contributed by atoms with Crippen LogP contribution in [-0.4, -0.2) is 50.6 Å². The number of piperidine rings is 1. The SMILES string of the molecule is CCNC(=NCCNC(=O)C(C)C)NC1CCN(c2cccc(F)c2)CC1.I. The summed E-state index contributed by atoms with van der Waals surface area (Å²) in [4.78, 5) is 18.3. The third kappa shape index (κ3) is 8.20. The first kappa shape index (κ1) is 24.5. The maximum absolute atomic E-state index is 13.4. The van der Waals surface area contributed by atoms with Gasteiger partial charge in [-0.3, -0.25) is 9.79 Å². The van der Waals surface area contributed by atoms with Crippen molar-refractivity contribution in [1.29, 1.82) is 0 Å². The summed E-state index contributed by atoms with van der Waals surface area (Å²) in [6, 6.07) is 7.10. The van der Waals surface area contributed by atoms with Crippen LogP contribution in [0.1, 0.15) is 33.6 Å². The zero-order valence-corrected chi connectivity index (χ0v) is 19.3. The molecule has 0 bridgehead atoms. The number of anilines is 1. The Balaban J connectivity index is 0.00000392. The number of benzene rings is 1. The number of hydrogen-bond acceptors (Lipinski definition) is 3. The lowest BCUT2D eigenvalue weighted by atomic mass is 10.0. The molecule has 0 saturated carbocycles. The van der Waals surface area contributed by atoms with Crippen molar-refractivity contribution in [2.24, 2.45) is 10.9 Å². The first-order valence-corrected chi connectivity index (χ1v) is 9.82. The molecule has 0 aromatic heterocycles. The molecule has 1 amide bonds. The zero-order valence-electron chi connectivity index (χ0n) is 17.0. The van der Waals surface area contributed by atoms with Crippen molar-refractivity contribution in [2.45, 2.75) is 39.7 Å². The van der Waals surface area contributed by atoms with Gasteiger partial charge < -0.3 is 20.9 Å². The Morgan fingerprint density at radius 1 is 1.29 bits per heavy atom. The molecule has 6 nitrogen and oxygen atoms in total. The number of carbonyl (C=O) groups is 1. The van der Waals surface area contributed by atoms with Crippen LogP contribution in [0.2, 0.25) is 0 Å². The summed E-state index contributed by atoms with van der Waals surface area (Å²) < 4.78 is 13.4. The average molecular weight is 505 g/mol. The molecule has 3 N–H and O–H groups in total. The van der Waals surface area contributed by atoms with Gasteiger partial charge in [0.1, 0.15) is 5.82 Å². The molecule has 0 spiro atoms. The lowest BCUT2D eigenvalue weighted by Crippen LogP contribution is -2.49. The van der Waals surface area contributed by atoms with E-state index in [4.69, 9.17) is 0 Å². The molecule has 1 saturated heterocycles. The maximum atomic E-state index is 13.4. The smallest absolute Gasteiger partial charge is 0.222 e. The minimum atomic E-state index is -0.195. The number of carbonyl (C=O) groups excluding carboxylic acids is 1. The molecule has 1 heterocycles. The van der Waals surface area contributed by atoms with E-state index < -0.39 is 0 Å². The van der Waals surface area contributed by atoms with Gasteiger partial charge >= 0.3 is 0 Å². The van der Waals surface area contributed by atoms with Crippen LogP contribution in [0.15, 0.2) is 29.3 Å². The van der Waals surface area contributed by atoms with Crippen molar-refractivity contribution in [3.8, 4) is 0 Å². The van der Waals surface area contributed by atoms with E-state index in [-0.39, 0.29) is 41.6 Å². The fourth-order valence-electron chi connectivity index (χ4n) is 3.02. The minimum absolute atomic E-state index is 0. The molecule has 1 fully saturated rings. The standard InChI is InChI=1S/C20H32FN5O.HI/c1-4-22-20(24-11-10-23-19(27)15(2)3)25-17-8-12-26(13-9-17)18-7-5-6-16(21)14-18;/h5-7,14-15,17H,4,8-13H2,1-3H3,(H,23,27)(H2,22,24,25);1H. The number of rotatable bonds is 7. The average Bonchev–Trinajstić information content (AvgIpc) is 2.65. The second-order valence-corrected chi connectivity index (χ2v) is 7.09. The van der Waals surface area contributed by atoms with Crippen LogP contribution in [0.4, 0.5) is 10.1 Å². The minimum Gasteiger partial charge on any atom is -0.371 e. The Kier molecular flexibility index (Phi) is 11.2. The molecule has 8 heteroatoms. The van der Waals surface area contributed by atoms with Crippen LogP contribution in [0, 0.1) is 11.7 Å². The van der Waals surface area contributed by atoms with Gasteiger partial charge in [0.05, 0.1) is 6.54 Å². The Bertz CT molecular complexity index is 633. The number of aliphatic imine (C=N–C) groups is 1. The Hall–Kier alpha value is -1.58. The van der Waals surface area contributed by atoms with Gasteiger partial charge in [0, 0.05) is 43.8 Å². The third-order valence-electron chi connectivity index (χ3n) is 4.56. The molecule has 28 heavy (non-hydrogen) atoms. The number of nitrogens with one attached hydrogen (secondary N) is 3. The van der Waals surface area contributed by atoms with Crippen molar-refractivity contribution in [2.75, 3.05) is 37.6 Å². The summed E-state index contributed by atoms with van der Waals surface area (Å²) in [5, 5.41) is 9.60. The molecule has 0 unspecified atom stereocenters. The molecule has 0 radical (unpaired) electrons. The van der Waals surface area contributed by atoms with Gasteiger partial charge in [0.25, 0.3) is 0 Å². The largest absolute Gasteiger partial charge is 0.371 e. The van der Waals surface area contributed by atoms with Crippen LogP contribution in [0.25, 0.3) is 0 Å². The molecular weight excluding hydrogens is 472 g/mol. The summed E-state index contributed by atoms with van der Waals surface area (Å²) in [6.45, 7) is 9.40. The molecule has 1 aromatic carbocycles. The topological polar surface area (TPSA) is 68.8 Å². The molecule has 1 aromatic rings. The molecular formula is C20H33FIN5O. The summed E-state index contributed by atoms with van der Waals surface area (Å²) in [5.74, 6) is 0.621. The lowest BCUT2D eigenvalue weighted by molar-refractivity contribution is -0.123. The van der Waals surface area contributed by atoms with Crippen LogP contribution >= 0.6 is 24.0 Å². The van der Waals surface area contributed by atoms with E-state index in [2.05, 4.69) is 25.8 Å². The van der Waals surface area contributed by atoms with E-state index in [1.165, 1.54) is 6.07 Å². The second kappa shape index (κ2) is 12.8. The van der Waals surface area contributed by atoms with Gasteiger partial charge in [-0.25, -0.2) is 4.39 Å². The fourth-order valence-corrected chi connectivity index (χ4v) is 3.02. The molecule has 0 atom stereocenters. The maximum Gasteiger partial charge on any atom is 0.222 e.